The SMILES string of the molecule is Cc1cnn(CCNCc2cc(C)n(C)c2C)c1. The molecule has 2 heterocycles. The summed E-state index contributed by atoms with van der Waals surface area (Å²) in [4.78, 5) is 0. The van der Waals surface area contributed by atoms with Crippen molar-refractivity contribution >= 4 is 0 Å². The van der Waals surface area contributed by atoms with Gasteiger partial charge >= 0.3 is 0 Å². The van der Waals surface area contributed by atoms with Gasteiger partial charge in [-0.3, -0.25) is 4.68 Å². The Kier molecular flexibility index (Phi) is 3.87. The molecule has 0 fully saturated rings. The van der Waals surface area contributed by atoms with Crippen LogP contribution in [0.2, 0.25) is 0 Å². The van der Waals surface area contributed by atoms with Crippen LogP contribution in [0.4, 0.5) is 0 Å². The van der Waals surface area contributed by atoms with Crippen LogP contribution in [0.1, 0.15) is 22.5 Å². The molecular weight excluding hydrogens is 224 g/mol. The smallest absolute Gasteiger partial charge is 0.0534 e. The topological polar surface area (TPSA) is 34.8 Å². The molecule has 0 saturated carbocycles. The lowest BCUT2D eigenvalue weighted by Crippen LogP contribution is -2.20. The largest absolute Gasteiger partial charge is 0.352 e. The van der Waals surface area contributed by atoms with Crippen molar-refractivity contribution < 1.29 is 0 Å². The highest BCUT2D eigenvalue weighted by Crippen LogP contribution is 2.12. The van der Waals surface area contributed by atoms with E-state index in [2.05, 4.69) is 55.1 Å². The second kappa shape index (κ2) is 5.40. The third kappa shape index (κ3) is 2.82. The molecule has 0 radical (unpaired) electrons. The maximum atomic E-state index is 4.27. The molecule has 1 N–H and O–H groups in total. The summed E-state index contributed by atoms with van der Waals surface area (Å²) in [6, 6.07) is 2.25. The van der Waals surface area contributed by atoms with Gasteiger partial charge in [-0.25, -0.2) is 0 Å². The molecule has 0 bridgehead atoms. The van der Waals surface area contributed by atoms with E-state index in [0.29, 0.717) is 0 Å². The summed E-state index contributed by atoms with van der Waals surface area (Å²) in [5.41, 5.74) is 5.25. The van der Waals surface area contributed by atoms with E-state index in [-0.39, 0.29) is 0 Å². The van der Waals surface area contributed by atoms with Gasteiger partial charge in [0.25, 0.3) is 0 Å². The molecular formula is C14H22N4. The molecule has 0 unspecified atom stereocenters. The monoisotopic (exact) mass is 246 g/mol. The molecule has 4 heteroatoms. The van der Waals surface area contributed by atoms with Crippen molar-refractivity contribution in [2.45, 2.75) is 33.9 Å². The summed E-state index contributed by atoms with van der Waals surface area (Å²) in [5, 5.41) is 7.74. The normalized spacial score (nSPS) is 11.1. The van der Waals surface area contributed by atoms with Gasteiger partial charge in [0.15, 0.2) is 0 Å². The number of nitrogens with zero attached hydrogens (tertiary/aromatic N) is 3. The molecule has 0 saturated heterocycles. The van der Waals surface area contributed by atoms with Gasteiger partial charge in [-0.1, -0.05) is 0 Å². The van der Waals surface area contributed by atoms with Crippen LogP contribution >= 0.6 is 0 Å². The van der Waals surface area contributed by atoms with Crippen LogP contribution in [0.5, 0.6) is 0 Å². The summed E-state index contributed by atoms with van der Waals surface area (Å²) in [6.45, 7) is 9.15. The Bertz CT molecular complexity index is 522. The lowest BCUT2D eigenvalue weighted by molar-refractivity contribution is 0.554. The van der Waals surface area contributed by atoms with Crippen molar-refractivity contribution in [3.63, 3.8) is 0 Å². The molecule has 2 aromatic heterocycles. The Morgan fingerprint density at radius 1 is 1.28 bits per heavy atom. The summed E-state index contributed by atoms with van der Waals surface area (Å²) in [7, 11) is 2.11. The van der Waals surface area contributed by atoms with Crippen molar-refractivity contribution in [1.29, 1.82) is 0 Å². The van der Waals surface area contributed by atoms with Crippen molar-refractivity contribution in [2.75, 3.05) is 6.54 Å². The van der Waals surface area contributed by atoms with Crippen molar-refractivity contribution in [3.8, 4) is 0 Å². The van der Waals surface area contributed by atoms with Crippen LogP contribution < -0.4 is 5.32 Å². The fourth-order valence-electron chi connectivity index (χ4n) is 2.12. The summed E-state index contributed by atoms with van der Waals surface area (Å²) in [5.74, 6) is 0. The molecule has 0 amide bonds. The number of nitrogens with one attached hydrogen (secondary N) is 1. The minimum atomic E-state index is 0.915. The first-order chi connectivity index (χ1) is 8.58. The predicted octanol–water partition coefficient (Wildman–Crippen LogP) is 1.94. The van der Waals surface area contributed by atoms with Gasteiger partial charge < -0.3 is 9.88 Å². The molecule has 18 heavy (non-hydrogen) atoms. The molecule has 0 spiro atoms. The van der Waals surface area contributed by atoms with Crippen LogP contribution in [-0.2, 0) is 20.1 Å². The van der Waals surface area contributed by atoms with Crippen molar-refractivity contribution in [3.05, 3.63) is 41.0 Å². The molecule has 0 aliphatic carbocycles. The minimum absolute atomic E-state index is 0.915. The standard InChI is InChI=1S/C14H22N4/c1-11-8-16-18(10-11)6-5-15-9-14-7-12(2)17(4)13(14)3/h7-8,10,15H,5-6,9H2,1-4H3. The Hall–Kier alpha value is -1.55. The Morgan fingerprint density at radius 2 is 2.06 bits per heavy atom. The highest BCUT2D eigenvalue weighted by atomic mass is 15.3. The second-order valence-corrected chi connectivity index (χ2v) is 4.91. The lowest BCUT2D eigenvalue weighted by Gasteiger charge is -2.05. The number of rotatable bonds is 5. The zero-order chi connectivity index (χ0) is 13.1. The number of aromatic nitrogens is 3. The van der Waals surface area contributed by atoms with E-state index in [1.165, 1.54) is 22.5 Å². The first-order valence-corrected chi connectivity index (χ1v) is 6.39. The lowest BCUT2D eigenvalue weighted by atomic mass is 10.2. The number of aryl methyl sites for hydroxylation is 2. The maximum absolute atomic E-state index is 4.27. The van der Waals surface area contributed by atoms with E-state index in [0.717, 1.165) is 19.6 Å². The predicted molar refractivity (Wildman–Crippen MR) is 73.6 cm³/mol. The van der Waals surface area contributed by atoms with E-state index in [4.69, 9.17) is 0 Å². The number of hydrogen-bond donors (Lipinski definition) is 1. The van der Waals surface area contributed by atoms with Gasteiger partial charge in [0.2, 0.25) is 0 Å². The first-order valence-electron chi connectivity index (χ1n) is 6.39. The molecule has 0 aliphatic rings. The maximum Gasteiger partial charge on any atom is 0.0534 e. The highest BCUT2D eigenvalue weighted by molar-refractivity contribution is 5.26. The van der Waals surface area contributed by atoms with Gasteiger partial charge in [0.1, 0.15) is 0 Å². The van der Waals surface area contributed by atoms with E-state index >= 15 is 0 Å². The first kappa shape index (κ1) is 12.9. The molecule has 2 aromatic rings. The van der Waals surface area contributed by atoms with Crippen molar-refractivity contribution in [1.82, 2.24) is 19.7 Å². The van der Waals surface area contributed by atoms with Gasteiger partial charge in [0.05, 0.1) is 12.7 Å². The van der Waals surface area contributed by atoms with Gasteiger partial charge in [-0.05, 0) is 38.0 Å². The molecule has 0 atom stereocenters. The Balaban J connectivity index is 1.80. The summed E-state index contributed by atoms with van der Waals surface area (Å²) in [6.07, 6.45) is 3.96. The summed E-state index contributed by atoms with van der Waals surface area (Å²) < 4.78 is 4.21. The molecule has 0 aromatic carbocycles. The molecule has 0 aliphatic heterocycles. The quantitative estimate of drug-likeness (QED) is 0.818. The van der Waals surface area contributed by atoms with Gasteiger partial charge in [0, 0.05) is 37.7 Å². The minimum Gasteiger partial charge on any atom is -0.352 e. The van der Waals surface area contributed by atoms with Gasteiger partial charge in [-0.2, -0.15) is 5.10 Å². The average Bonchev–Trinajstić information content (AvgIpc) is 2.85. The van der Waals surface area contributed by atoms with Crippen molar-refractivity contribution in [2.24, 2.45) is 7.05 Å². The van der Waals surface area contributed by atoms with Gasteiger partial charge in [-0.15, -0.1) is 0 Å². The second-order valence-electron chi connectivity index (χ2n) is 4.91. The zero-order valence-corrected chi connectivity index (χ0v) is 11.7. The summed E-state index contributed by atoms with van der Waals surface area (Å²) >= 11 is 0. The van der Waals surface area contributed by atoms with E-state index in [1.54, 1.807) is 0 Å². The van der Waals surface area contributed by atoms with Crippen LogP contribution in [0.15, 0.2) is 18.5 Å². The van der Waals surface area contributed by atoms with E-state index in [9.17, 15) is 0 Å². The van der Waals surface area contributed by atoms with Crippen LogP contribution in [0.3, 0.4) is 0 Å². The average molecular weight is 246 g/mol. The fraction of sp³-hybridized carbons (Fsp3) is 0.500. The third-order valence-electron chi connectivity index (χ3n) is 3.48. The fourth-order valence-corrected chi connectivity index (χ4v) is 2.12. The molecule has 98 valence electrons. The third-order valence-corrected chi connectivity index (χ3v) is 3.48. The van der Waals surface area contributed by atoms with Crippen LogP contribution in [-0.4, -0.2) is 20.9 Å². The van der Waals surface area contributed by atoms with Crippen LogP contribution in [0, 0.1) is 20.8 Å². The van der Waals surface area contributed by atoms with E-state index < -0.39 is 0 Å². The Morgan fingerprint density at radius 3 is 2.61 bits per heavy atom. The molecule has 2 rings (SSSR count). The van der Waals surface area contributed by atoms with Crippen LogP contribution in [0.25, 0.3) is 0 Å². The molecule has 4 nitrogen and oxygen atoms in total. The van der Waals surface area contributed by atoms with E-state index in [1.807, 2.05) is 10.9 Å². The Labute approximate surface area is 109 Å². The highest BCUT2D eigenvalue weighted by Gasteiger charge is 2.04. The zero-order valence-electron chi connectivity index (χ0n) is 11.7. The number of hydrogen-bond acceptors (Lipinski definition) is 2.